The van der Waals surface area contributed by atoms with Crippen molar-refractivity contribution in [2.75, 3.05) is 18.5 Å². The molecule has 1 saturated heterocycles. The van der Waals surface area contributed by atoms with Crippen LogP contribution in [0.5, 0.6) is 0 Å². The fourth-order valence-corrected chi connectivity index (χ4v) is 2.28. The van der Waals surface area contributed by atoms with Gasteiger partial charge in [-0.2, -0.15) is 0 Å². The van der Waals surface area contributed by atoms with E-state index in [2.05, 4.69) is 21.2 Å². The van der Waals surface area contributed by atoms with Crippen molar-refractivity contribution in [3.05, 3.63) is 28.7 Å². The predicted molar refractivity (Wildman–Crippen MR) is 67.6 cm³/mol. The van der Waals surface area contributed by atoms with Gasteiger partial charge in [-0.15, -0.1) is 0 Å². The fourth-order valence-electron chi connectivity index (χ4n) is 2.01. The maximum Gasteiger partial charge on any atom is 0.0885 e. The van der Waals surface area contributed by atoms with E-state index < -0.39 is 0 Å². The van der Waals surface area contributed by atoms with E-state index in [9.17, 15) is 5.11 Å². The van der Waals surface area contributed by atoms with Crippen LogP contribution in [-0.4, -0.2) is 30.0 Å². The Morgan fingerprint density at radius 3 is 2.69 bits per heavy atom. The lowest BCUT2D eigenvalue weighted by atomic mass is 9.92. The first kappa shape index (κ1) is 11.9. The smallest absolute Gasteiger partial charge is 0.0885 e. The Kier molecular flexibility index (Phi) is 3.52. The van der Waals surface area contributed by atoms with E-state index >= 15 is 0 Å². The molecule has 3 nitrogen and oxygen atoms in total. The van der Waals surface area contributed by atoms with Gasteiger partial charge in [0.1, 0.15) is 0 Å². The number of halogens is 1. The van der Waals surface area contributed by atoms with Crippen molar-refractivity contribution in [1.29, 1.82) is 0 Å². The number of hydrogen-bond donors (Lipinski definition) is 2. The Balaban J connectivity index is 2.15. The van der Waals surface area contributed by atoms with Crippen LogP contribution in [0.15, 0.2) is 28.7 Å². The van der Waals surface area contributed by atoms with Crippen LogP contribution in [0.1, 0.15) is 13.3 Å². The van der Waals surface area contributed by atoms with Crippen LogP contribution in [0.2, 0.25) is 0 Å². The Morgan fingerprint density at radius 2 is 2.19 bits per heavy atom. The van der Waals surface area contributed by atoms with Gasteiger partial charge in [0, 0.05) is 16.8 Å². The molecule has 0 aromatic heterocycles. The van der Waals surface area contributed by atoms with Crippen LogP contribution >= 0.6 is 15.9 Å². The van der Waals surface area contributed by atoms with Gasteiger partial charge in [0.05, 0.1) is 18.2 Å². The number of aliphatic hydroxyl groups excluding tert-OH is 1. The van der Waals surface area contributed by atoms with Gasteiger partial charge in [-0.1, -0.05) is 15.9 Å². The molecule has 2 unspecified atom stereocenters. The lowest BCUT2D eigenvalue weighted by Crippen LogP contribution is -2.47. The van der Waals surface area contributed by atoms with Crippen molar-refractivity contribution in [1.82, 2.24) is 0 Å². The van der Waals surface area contributed by atoms with Crippen molar-refractivity contribution in [2.24, 2.45) is 0 Å². The molecule has 1 aromatic rings. The van der Waals surface area contributed by atoms with Gasteiger partial charge in [0.25, 0.3) is 0 Å². The standard InChI is InChI=1S/C12H16BrNO2/c1-9-12(8-15,6-7-16-9)14-11-4-2-10(13)3-5-11/h2-5,9,14-15H,6-8H2,1H3. The molecule has 0 spiro atoms. The number of anilines is 1. The van der Waals surface area contributed by atoms with Crippen molar-refractivity contribution < 1.29 is 9.84 Å². The van der Waals surface area contributed by atoms with E-state index in [-0.39, 0.29) is 18.2 Å². The molecule has 0 bridgehead atoms. The topological polar surface area (TPSA) is 41.5 Å². The molecule has 1 aliphatic heterocycles. The summed E-state index contributed by atoms with van der Waals surface area (Å²) in [6, 6.07) is 7.95. The fraction of sp³-hybridized carbons (Fsp3) is 0.500. The molecule has 2 rings (SSSR count). The third-order valence-corrected chi connectivity index (χ3v) is 3.74. The molecule has 1 aromatic carbocycles. The molecule has 1 fully saturated rings. The third kappa shape index (κ3) is 2.24. The minimum atomic E-state index is -0.339. The van der Waals surface area contributed by atoms with Gasteiger partial charge in [-0.05, 0) is 37.6 Å². The zero-order chi connectivity index (χ0) is 11.6. The summed E-state index contributed by atoms with van der Waals surface area (Å²) < 4.78 is 6.57. The molecule has 0 aliphatic carbocycles. The number of hydrogen-bond acceptors (Lipinski definition) is 3. The Labute approximate surface area is 104 Å². The molecular weight excluding hydrogens is 270 g/mol. The van der Waals surface area contributed by atoms with Crippen molar-refractivity contribution in [3.63, 3.8) is 0 Å². The normalized spacial score (nSPS) is 29.3. The van der Waals surface area contributed by atoms with Crippen molar-refractivity contribution >= 4 is 21.6 Å². The largest absolute Gasteiger partial charge is 0.394 e. The summed E-state index contributed by atoms with van der Waals surface area (Å²) in [7, 11) is 0. The minimum Gasteiger partial charge on any atom is -0.394 e. The SMILES string of the molecule is CC1OCCC1(CO)Nc1ccc(Br)cc1. The molecule has 1 aliphatic rings. The van der Waals surface area contributed by atoms with Gasteiger partial charge >= 0.3 is 0 Å². The van der Waals surface area contributed by atoms with E-state index in [0.29, 0.717) is 6.61 Å². The van der Waals surface area contributed by atoms with Crippen LogP contribution in [0.4, 0.5) is 5.69 Å². The van der Waals surface area contributed by atoms with Crippen LogP contribution in [0.25, 0.3) is 0 Å². The van der Waals surface area contributed by atoms with E-state index in [1.54, 1.807) is 0 Å². The highest BCUT2D eigenvalue weighted by molar-refractivity contribution is 9.10. The first-order valence-corrected chi connectivity index (χ1v) is 6.22. The number of benzene rings is 1. The summed E-state index contributed by atoms with van der Waals surface area (Å²) in [6.07, 6.45) is 0.863. The highest BCUT2D eigenvalue weighted by Gasteiger charge is 2.40. The molecule has 0 radical (unpaired) electrons. The monoisotopic (exact) mass is 285 g/mol. The maximum absolute atomic E-state index is 9.55. The van der Waals surface area contributed by atoms with Crippen LogP contribution in [-0.2, 0) is 4.74 Å². The van der Waals surface area contributed by atoms with E-state index in [1.807, 2.05) is 31.2 Å². The van der Waals surface area contributed by atoms with Crippen LogP contribution in [0, 0.1) is 0 Å². The lowest BCUT2D eigenvalue weighted by Gasteiger charge is -2.32. The molecule has 2 N–H and O–H groups in total. The number of aliphatic hydroxyl groups is 1. The van der Waals surface area contributed by atoms with Gasteiger partial charge in [0.15, 0.2) is 0 Å². The summed E-state index contributed by atoms with van der Waals surface area (Å²) in [5.74, 6) is 0. The number of ether oxygens (including phenoxy) is 1. The molecule has 2 atom stereocenters. The summed E-state index contributed by atoms with van der Waals surface area (Å²) in [4.78, 5) is 0. The predicted octanol–water partition coefficient (Wildman–Crippen LogP) is 2.40. The van der Waals surface area contributed by atoms with Gasteiger partial charge in [-0.3, -0.25) is 0 Å². The second-order valence-electron chi connectivity index (χ2n) is 4.21. The number of rotatable bonds is 3. The molecule has 4 heteroatoms. The summed E-state index contributed by atoms with van der Waals surface area (Å²) >= 11 is 3.40. The number of nitrogens with one attached hydrogen (secondary N) is 1. The lowest BCUT2D eigenvalue weighted by molar-refractivity contribution is 0.0792. The van der Waals surface area contributed by atoms with Crippen molar-refractivity contribution in [3.8, 4) is 0 Å². The van der Waals surface area contributed by atoms with Gasteiger partial charge in [-0.25, -0.2) is 0 Å². The van der Waals surface area contributed by atoms with Gasteiger partial charge in [0.2, 0.25) is 0 Å². The average molecular weight is 286 g/mol. The Morgan fingerprint density at radius 1 is 1.50 bits per heavy atom. The quantitative estimate of drug-likeness (QED) is 0.896. The summed E-state index contributed by atoms with van der Waals surface area (Å²) in [5.41, 5.74) is 0.669. The molecule has 0 amide bonds. The third-order valence-electron chi connectivity index (χ3n) is 3.21. The Hall–Kier alpha value is -0.580. The van der Waals surface area contributed by atoms with E-state index in [1.165, 1.54) is 0 Å². The zero-order valence-corrected chi connectivity index (χ0v) is 10.8. The van der Waals surface area contributed by atoms with Crippen molar-refractivity contribution in [2.45, 2.75) is 25.0 Å². The minimum absolute atomic E-state index is 0.0288. The molecule has 88 valence electrons. The van der Waals surface area contributed by atoms with Crippen LogP contribution in [0.3, 0.4) is 0 Å². The first-order valence-electron chi connectivity index (χ1n) is 5.42. The molecule has 16 heavy (non-hydrogen) atoms. The summed E-state index contributed by atoms with van der Waals surface area (Å²) in [6.45, 7) is 2.78. The molecular formula is C12H16BrNO2. The molecule has 0 saturated carbocycles. The second-order valence-corrected chi connectivity index (χ2v) is 5.12. The highest BCUT2D eigenvalue weighted by atomic mass is 79.9. The van der Waals surface area contributed by atoms with Gasteiger partial charge < -0.3 is 15.2 Å². The molecule has 1 heterocycles. The highest BCUT2D eigenvalue weighted by Crippen LogP contribution is 2.30. The van der Waals surface area contributed by atoms with E-state index in [4.69, 9.17) is 4.74 Å². The van der Waals surface area contributed by atoms with Crippen LogP contribution < -0.4 is 5.32 Å². The maximum atomic E-state index is 9.55. The van der Waals surface area contributed by atoms with E-state index in [0.717, 1.165) is 16.6 Å². The Bertz CT molecular complexity index is 355. The average Bonchev–Trinajstić information content (AvgIpc) is 2.64. The zero-order valence-electron chi connectivity index (χ0n) is 9.24. The second kappa shape index (κ2) is 4.73. The first-order chi connectivity index (χ1) is 7.66. The summed E-state index contributed by atoms with van der Waals surface area (Å²) in [5, 5.41) is 12.9.